The molecule has 45 heavy (non-hydrogen) atoms. The van der Waals surface area contributed by atoms with Gasteiger partial charge in [0.1, 0.15) is 6.10 Å². The molecule has 9 heteroatoms. The minimum atomic E-state index is -0.763. The van der Waals surface area contributed by atoms with E-state index in [4.69, 9.17) is 4.74 Å². The molecule has 0 amide bonds. The maximum atomic E-state index is 13.0. The van der Waals surface area contributed by atoms with E-state index >= 15 is 0 Å². The maximum absolute atomic E-state index is 13.0. The van der Waals surface area contributed by atoms with Gasteiger partial charge in [-0.3, -0.25) is 9.59 Å². The fraction of sp³-hybridized carbons (Fsp3) is 0.778. The Balaban J connectivity index is 1.21. The number of alkyl halides is 2. The summed E-state index contributed by atoms with van der Waals surface area (Å²) >= 11 is 7.06. The summed E-state index contributed by atoms with van der Waals surface area (Å²) in [5.41, 5.74) is 1.78. The Kier molecular flexibility index (Phi) is 11.4. The van der Waals surface area contributed by atoms with Crippen LogP contribution in [-0.2, 0) is 20.7 Å². The van der Waals surface area contributed by atoms with E-state index in [9.17, 15) is 24.9 Å². The molecule has 4 aliphatic rings. The third-order valence-electron chi connectivity index (χ3n) is 13.0. The van der Waals surface area contributed by atoms with Crippen LogP contribution >= 0.6 is 31.9 Å². The zero-order valence-corrected chi connectivity index (χ0v) is 30.3. The number of esters is 1. The minimum absolute atomic E-state index is 0.00587. The smallest absolute Gasteiger partial charge is 0.310 e. The average molecular weight is 756 g/mol. The molecule has 3 N–H and O–H groups in total. The van der Waals surface area contributed by atoms with Crippen molar-refractivity contribution >= 4 is 49.5 Å². The van der Waals surface area contributed by atoms with E-state index in [0.717, 1.165) is 67.1 Å². The Bertz CT molecular complexity index is 1180. The molecule has 7 nitrogen and oxygen atoms in total. The van der Waals surface area contributed by atoms with Gasteiger partial charge in [0, 0.05) is 35.9 Å². The van der Waals surface area contributed by atoms with Crippen molar-refractivity contribution in [2.45, 2.75) is 103 Å². The molecule has 0 aromatic heterocycles. The lowest BCUT2D eigenvalue weighted by Gasteiger charge is -2.63. The van der Waals surface area contributed by atoms with Gasteiger partial charge in [0.05, 0.1) is 18.6 Å². The first kappa shape index (κ1) is 35.2. The Hall–Kier alpha value is -1.16. The highest BCUT2D eigenvalue weighted by Crippen LogP contribution is 2.68. The molecule has 11 atom stereocenters. The molecule has 0 saturated heterocycles. The molecule has 252 valence electrons. The van der Waals surface area contributed by atoms with Gasteiger partial charge < -0.3 is 25.0 Å². The zero-order chi connectivity index (χ0) is 32.5. The van der Waals surface area contributed by atoms with Crippen molar-refractivity contribution in [3.8, 4) is 0 Å². The molecular formula is C36H53Br2NO6. The van der Waals surface area contributed by atoms with Crippen molar-refractivity contribution in [1.29, 1.82) is 0 Å². The fourth-order valence-electron chi connectivity index (χ4n) is 10.6. The second kappa shape index (κ2) is 14.5. The third kappa shape index (κ3) is 7.03. The number of nitrogens with zero attached hydrogens (tertiary/aromatic N) is 1. The molecule has 0 spiro atoms. The van der Waals surface area contributed by atoms with E-state index in [2.05, 4.69) is 69.7 Å². The van der Waals surface area contributed by atoms with Crippen molar-refractivity contribution in [1.82, 2.24) is 0 Å². The van der Waals surface area contributed by atoms with Gasteiger partial charge in [-0.05, 0) is 115 Å². The lowest BCUT2D eigenvalue weighted by atomic mass is 9.43. The molecule has 0 heterocycles. The van der Waals surface area contributed by atoms with Crippen LogP contribution in [0, 0.1) is 46.3 Å². The summed E-state index contributed by atoms with van der Waals surface area (Å²) < 4.78 is 6.07. The van der Waals surface area contributed by atoms with Crippen LogP contribution in [0.1, 0.15) is 84.1 Å². The molecular weight excluding hydrogens is 702 g/mol. The molecule has 0 radical (unpaired) electrons. The lowest BCUT2D eigenvalue weighted by Crippen LogP contribution is -2.62. The van der Waals surface area contributed by atoms with E-state index in [-0.39, 0.29) is 71.3 Å². The number of aliphatic hydroxyl groups is 2. The summed E-state index contributed by atoms with van der Waals surface area (Å²) in [5, 5.41) is 34.6. The first-order valence-electron chi connectivity index (χ1n) is 17.2. The topological polar surface area (TPSA) is 107 Å². The number of carboxylic acids is 1. The van der Waals surface area contributed by atoms with Crippen LogP contribution in [-0.4, -0.2) is 69.3 Å². The van der Waals surface area contributed by atoms with E-state index in [0.29, 0.717) is 19.3 Å². The molecule has 0 unspecified atom stereocenters. The van der Waals surface area contributed by atoms with Crippen molar-refractivity contribution in [3.05, 3.63) is 29.8 Å². The van der Waals surface area contributed by atoms with Crippen LogP contribution in [0.5, 0.6) is 0 Å². The van der Waals surface area contributed by atoms with Crippen LogP contribution < -0.4 is 4.90 Å². The third-order valence-corrected chi connectivity index (χ3v) is 13.7. The summed E-state index contributed by atoms with van der Waals surface area (Å²) in [4.78, 5) is 26.6. The molecule has 5 rings (SSSR count). The Morgan fingerprint density at radius 1 is 1.00 bits per heavy atom. The molecule has 4 saturated carbocycles. The van der Waals surface area contributed by atoms with Crippen molar-refractivity contribution < 1.29 is 29.6 Å². The second-order valence-corrected chi connectivity index (χ2v) is 16.7. The molecule has 0 bridgehead atoms. The van der Waals surface area contributed by atoms with Gasteiger partial charge in [-0.15, -0.1) is 0 Å². The number of ether oxygens (including phenoxy) is 1. The Morgan fingerprint density at radius 3 is 2.33 bits per heavy atom. The summed E-state index contributed by atoms with van der Waals surface area (Å²) in [7, 11) is 0. The number of fused-ring (bicyclic) bond motifs is 5. The standard InChI is InChI=1S/C36H53Br2NO6/c1-22(4-11-32(42)43)27-9-10-28-34-29(21-31(41)36(27,28)3)35(2)13-12-26(19-24(35)20-30(34)40)45-33(44)18-23-5-7-25(8-6-23)39(16-14-37)17-15-38/h5-8,22,24,26-31,34,40-41H,4,9-21H2,1-3H3,(H,42,43)/t22-,24+,26-,27-,28+,29+,30-,31+,34+,35+,36-/m1/s1. The summed E-state index contributed by atoms with van der Waals surface area (Å²) in [6.07, 6.45) is 5.91. The van der Waals surface area contributed by atoms with Crippen LogP contribution in [0.15, 0.2) is 24.3 Å². The summed E-state index contributed by atoms with van der Waals surface area (Å²) in [6.45, 7) is 8.57. The van der Waals surface area contributed by atoms with Crippen LogP contribution in [0.2, 0.25) is 0 Å². The number of hydrogen-bond donors (Lipinski definition) is 3. The number of rotatable bonds is 12. The first-order valence-corrected chi connectivity index (χ1v) is 19.4. The zero-order valence-electron chi connectivity index (χ0n) is 27.2. The molecule has 0 aliphatic heterocycles. The second-order valence-electron chi connectivity index (χ2n) is 15.1. The minimum Gasteiger partial charge on any atom is -0.481 e. The number of carboxylic acid groups (broad SMARTS) is 1. The predicted octanol–water partition coefficient (Wildman–Crippen LogP) is 6.84. The lowest BCUT2D eigenvalue weighted by molar-refractivity contribution is -0.209. The monoisotopic (exact) mass is 753 g/mol. The number of halogens is 2. The van der Waals surface area contributed by atoms with Crippen LogP contribution in [0.4, 0.5) is 5.69 Å². The van der Waals surface area contributed by atoms with Gasteiger partial charge >= 0.3 is 11.9 Å². The number of carbonyl (C=O) groups is 2. The van der Waals surface area contributed by atoms with Gasteiger partial charge in [-0.2, -0.15) is 0 Å². The van der Waals surface area contributed by atoms with E-state index in [1.165, 1.54) is 0 Å². The normalized spacial score (nSPS) is 38.0. The summed E-state index contributed by atoms with van der Waals surface area (Å²) in [5.74, 6) is 0.408. The van der Waals surface area contributed by atoms with E-state index in [1.54, 1.807) is 0 Å². The van der Waals surface area contributed by atoms with Crippen LogP contribution in [0.3, 0.4) is 0 Å². The van der Waals surface area contributed by atoms with Gasteiger partial charge in [0.2, 0.25) is 0 Å². The number of aliphatic carboxylic acids is 1. The first-order chi connectivity index (χ1) is 21.4. The Labute approximate surface area is 286 Å². The van der Waals surface area contributed by atoms with Crippen LogP contribution in [0.25, 0.3) is 0 Å². The molecule has 1 aromatic carbocycles. The van der Waals surface area contributed by atoms with Gasteiger partial charge in [0.15, 0.2) is 0 Å². The van der Waals surface area contributed by atoms with Crippen molar-refractivity contribution in [2.24, 2.45) is 46.3 Å². The average Bonchev–Trinajstić information content (AvgIpc) is 3.36. The number of aliphatic hydroxyl groups excluding tert-OH is 2. The van der Waals surface area contributed by atoms with Gasteiger partial charge in [-0.25, -0.2) is 0 Å². The quantitative estimate of drug-likeness (QED) is 0.159. The van der Waals surface area contributed by atoms with Crippen molar-refractivity contribution in [3.63, 3.8) is 0 Å². The van der Waals surface area contributed by atoms with Gasteiger partial charge in [-0.1, -0.05) is 64.8 Å². The largest absolute Gasteiger partial charge is 0.481 e. The Morgan fingerprint density at radius 2 is 1.69 bits per heavy atom. The highest BCUT2D eigenvalue weighted by atomic mass is 79.9. The molecule has 1 aromatic rings. The number of anilines is 1. The summed E-state index contributed by atoms with van der Waals surface area (Å²) in [6, 6.07) is 8.19. The van der Waals surface area contributed by atoms with E-state index < -0.39 is 18.2 Å². The highest BCUT2D eigenvalue weighted by molar-refractivity contribution is 9.09. The number of hydrogen-bond acceptors (Lipinski definition) is 6. The fourth-order valence-corrected chi connectivity index (χ4v) is 11.4. The van der Waals surface area contributed by atoms with E-state index in [1.807, 2.05) is 12.1 Å². The van der Waals surface area contributed by atoms with Crippen molar-refractivity contribution in [2.75, 3.05) is 28.6 Å². The number of benzene rings is 1. The molecule has 4 fully saturated rings. The predicted molar refractivity (Wildman–Crippen MR) is 184 cm³/mol. The highest BCUT2D eigenvalue weighted by Gasteiger charge is 2.65. The number of carbonyl (C=O) groups excluding carboxylic acids is 1. The SMILES string of the molecule is C[C@H](CCC(=O)O)[C@H]1CC[C@H]2[C@@H]3[C@H](O)C[C@@H]4C[C@H](OC(=O)Cc5ccc(N(CCBr)CCBr)cc5)CC[C@]4(C)[C@H]3C[C@H](O)[C@]12C. The van der Waals surface area contributed by atoms with Gasteiger partial charge in [0.25, 0.3) is 0 Å². The molecule has 4 aliphatic carbocycles. The maximum Gasteiger partial charge on any atom is 0.310 e.